The first-order valence-corrected chi connectivity index (χ1v) is 6.77. The lowest BCUT2D eigenvalue weighted by Crippen LogP contribution is -2.43. The van der Waals surface area contributed by atoms with Gasteiger partial charge in [-0.25, -0.2) is 0 Å². The maximum atomic E-state index is 12.1. The smallest absolute Gasteiger partial charge is 0.307 e. The number of hydrogen-bond donors (Lipinski definition) is 3. The minimum absolute atomic E-state index is 0.0255. The van der Waals surface area contributed by atoms with E-state index < -0.39 is 11.9 Å². The summed E-state index contributed by atoms with van der Waals surface area (Å²) in [6.07, 6.45) is 4.92. The molecular weight excluding hydrogens is 234 g/mol. The highest BCUT2D eigenvalue weighted by molar-refractivity contribution is 5.85. The van der Waals surface area contributed by atoms with Crippen molar-refractivity contribution in [1.82, 2.24) is 5.32 Å². The van der Waals surface area contributed by atoms with E-state index in [0.29, 0.717) is 12.8 Å². The first-order chi connectivity index (χ1) is 8.63. The largest absolute Gasteiger partial charge is 0.481 e. The van der Waals surface area contributed by atoms with E-state index in [-0.39, 0.29) is 30.4 Å². The van der Waals surface area contributed by atoms with Gasteiger partial charge in [0.15, 0.2) is 0 Å². The molecule has 5 heteroatoms. The van der Waals surface area contributed by atoms with E-state index >= 15 is 0 Å². The molecule has 3 N–H and O–H groups in total. The van der Waals surface area contributed by atoms with E-state index in [4.69, 9.17) is 5.11 Å². The van der Waals surface area contributed by atoms with Crippen LogP contribution in [0.4, 0.5) is 0 Å². The number of rotatable bonds is 4. The zero-order valence-corrected chi connectivity index (χ0v) is 10.5. The minimum Gasteiger partial charge on any atom is -0.481 e. The summed E-state index contributed by atoms with van der Waals surface area (Å²) in [5.74, 6) is -1.77. The molecule has 2 unspecified atom stereocenters. The van der Waals surface area contributed by atoms with Crippen LogP contribution in [0.2, 0.25) is 0 Å². The fraction of sp³-hybridized carbons (Fsp3) is 0.846. The molecule has 0 saturated heterocycles. The highest BCUT2D eigenvalue weighted by Gasteiger charge is 2.39. The van der Waals surface area contributed by atoms with Crippen molar-refractivity contribution < 1.29 is 19.8 Å². The summed E-state index contributed by atoms with van der Waals surface area (Å²) in [6, 6.07) is 0.0255. The quantitative estimate of drug-likeness (QED) is 0.692. The van der Waals surface area contributed by atoms with Gasteiger partial charge in [0.25, 0.3) is 0 Å². The van der Waals surface area contributed by atoms with Gasteiger partial charge in [0.2, 0.25) is 5.91 Å². The molecule has 0 bridgehead atoms. The number of amides is 1. The molecule has 0 aliphatic heterocycles. The van der Waals surface area contributed by atoms with Crippen LogP contribution in [0.1, 0.15) is 38.5 Å². The Kier molecular flexibility index (Phi) is 4.22. The molecule has 0 spiro atoms. The van der Waals surface area contributed by atoms with Crippen molar-refractivity contribution >= 4 is 11.9 Å². The van der Waals surface area contributed by atoms with Crippen LogP contribution in [0.25, 0.3) is 0 Å². The molecule has 0 aromatic carbocycles. The maximum Gasteiger partial charge on any atom is 0.307 e. The molecule has 2 aliphatic rings. The molecule has 1 amide bonds. The summed E-state index contributed by atoms with van der Waals surface area (Å²) in [4.78, 5) is 23.2. The van der Waals surface area contributed by atoms with Crippen molar-refractivity contribution in [2.45, 2.75) is 44.6 Å². The van der Waals surface area contributed by atoms with Crippen molar-refractivity contribution in [3.8, 4) is 0 Å². The lowest BCUT2D eigenvalue weighted by atomic mass is 9.94. The number of carbonyl (C=O) groups excluding carboxylic acids is 1. The zero-order chi connectivity index (χ0) is 13.1. The first-order valence-electron chi connectivity index (χ1n) is 6.77. The van der Waals surface area contributed by atoms with E-state index in [0.717, 1.165) is 25.7 Å². The number of hydrogen-bond acceptors (Lipinski definition) is 3. The number of aliphatic carboxylic acids is 1. The third-order valence-corrected chi connectivity index (χ3v) is 4.39. The second-order valence-electron chi connectivity index (χ2n) is 5.47. The van der Waals surface area contributed by atoms with E-state index in [2.05, 4.69) is 5.32 Å². The molecule has 102 valence electrons. The summed E-state index contributed by atoms with van der Waals surface area (Å²) in [5.41, 5.74) is 0. The Hall–Kier alpha value is -1.10. The topological polar surface area (TPSA) is 86.6 Å². The van der Waals surface area contributed by atoms with Crippen LogP contribution in [0.3, 0.4) is 0 Å². The van der Waals surface area contributed by atoms with Crippen molar-refractivity contribution in [2.75, 3.05) is 6.61 Å². The van der Waals surface area contributed by atoms with Gasteiger partial charge < -0.3 is 15.5 Å². The fourth-order valence-electron chi connectivity index (χ4n) is 3.30. The highest BCUT2D eigenvalue weighted by atomic mass is 16.4. The van der Waals surface area contributed by atoms with E-state index in [9.17, 15) is 14.7 Å². The van der Waals surface area contributed by atoms with Gasteiger partial charge in [-0.3, -0.25) is 9.59 Å². The third-order valence-electron chi connectivity index (χ3n) is 4.39. The van der Waals surface area contributed by atoms with Gasteiger partial charge >= 0.3 is 5.97 Å². The molecule has 2 saturated carbocycles. The average molecular weight is 255 g/mol. The third kappa shape index (κ3) is 2.66. The molecule has 4 atom stereocenters. The summed E-state index contributed by atoms with van der Waals surface area (Å²) in [7, 11) is 0. The van der Waals surface area contributed by atoms with Crippen molar-refractivity contribution in [2.24, 2.45) is 17.8 Å². The SMILES string of the molecule is O=C(O)[C@H]1CCC[C@H]1C(=O)NC1CCCC1CO. The highest BCUT2D eigenvalue weighted by Crippen LogP contribution is 2.33. The number of carbonyl (C=O) groups is 2. The Morgan fingerprint density at radius 1 is 1.06 bits per heavy atom. The lowest BCUT2D eigenvalue weighted by molar-refractivity contribution is -0.146. The average Bonchev–Trinajstić information content (AvgIpc) is 2.96. The van der Waals surface area contributed by atoms with Gasteiger partial charge in [0.05, 0.1) is 11.8 Å². The van der Waals surface area contributed by atoms with Crippen molar-refractivity contribution in [3.05, 3.63) is 0 Å². The minimum atomic E-state index is -0.863. The predicted octanol–water partition coefficient (Wildman–Crippen LogP) is 0.764. The molecule has 2 aliphatic carbocycles. The van der Waals surface area contributed by atoms with Crippen LogP contribution >= 0.6 is 0 Å². The predicted molar refractivity (Wildman–Crippen MR) is 64.8 cm³/mol. The van der Waals surface area contributed by atoms with E-state index in [1.54, 1.807) is 0 Å². The molecule has 0 aromatic heterocycles. The Morgan fingerprint density at radius 3 is 2.39 bits per heavy atom. The number of aliphatic hydroxyl groups is 1. The van der Waals surface area contributed by atoms with Crippen LogP contribution in [-0.2, 0) is 9.59 Å². The molecule has 0 heterocycles. The molecule has 2 rings (SSSR count). The van der Waals surface area contributed by atoms with Crippen molar-refractivity contribution in [1.29, 1.82) is 0 Å². The summed E-state index contributed by atoms with van der Waals surface area (Å²) < 4.78 is 0. The first kappa shape index (κ1) is 13.3. The second kappa shape index (κ2) is 5.69. The number of carboxylic acids is 1. The van der Waals surface area contributed by atoms with Crippen LogP contribution in [0, 0.1) is 17.8 Å². The Morgan fingerprint density at radius 2 is 1.72 bits per heavy atom. The fourth-order valence-corrected chi connectivity index (χ4v) is 3.30. The van der Waals surface area contributed by atoms with Gasteiger partial charge in [0, 0.05) is 18.6 Å². The number of aliphatic hydroxyl groups excluding tert-OH is 1. The summed E-state index contributed by atoms with van der Waals surface area (Å²) in [6.45, 7) is 0.0952. The molecule has 2 fully saturated rings. The number of nitrogens with one attached hydrogen (secondary N) is 1. The zero-order valence-electron chi connectivity index (χ0n) is 10.5. The molecule has 18 heavy (non-hydrogen) atoms. The Labute approximate surface area is 107 Å². The van der Waals surface area contributed by atoms with Crippen LogP contribution < -0.4 is 5.32 Å². The summed E-state index contributed by atoms with van der Waals surface area (Å²) in [5, 5.41) is 21.2. The maximum absolute atomic E-state index is 12.1. The Balaban J connectivity index is 1.93. The van der Waals surface area contributed by atoms with Gasteiger partial charge in [-0.05, 0) is 25.7 Å². The molecule has 0 aromatic rings. The van der Waals surface area contributed by atoms with Gasteiger partial charge in [-0.2, -0.15) is 0 Å². The Bertz CT molecular complexity index is 331. The monoisotopic (exact) mass is 255 g/mol. The van der Waals surface area contributed by atoms with Gasteiger partial charge in [0.1, 0.15) is 0 Å². The van der Waals surface area contributed by atoms with Crippen LogP contribution in [0.15, 0.2) is 0 Å². The molecule has 0 radical (unpaired) electrons. The second-order valence-corrected chi connectivity index (χ2v) is 5.47. The lowest BCUT2D eigenvalue weighted by Gasteiger charge is -2.22. The van der Waals surface area contributed by atoms with E-state index in [1.807, 2.05) is 0 Å². The number of carboxylic acid groups (broad SMARTS) is 1. The van der Waals surface area contributed by atoms with Gasteiger partial charge in [-0.15, -0.1) is 0 Å². The van der Waals surface area contributed by atoms with Gasteiger partial charge in [-0.1, -0.05) is 12.8 Å². The normalized spacial score (nSPS) is 35.6. The molecule has 5 nitrogen and oxygen atoms in total. The van der Waals surface area contributed by atoms with Crippen molar-refractivity contribution in [3.63, 3.8) is 0 Å². The molecular formula is C13H21NO4. The van der Waals surface area contributed by atoms with E-state index in [1.165, 1.54) is 0 Å². The van der Waals surface area contributed by atoms with Crippen LogP contribution in [0.5, 0.6) is 0 Å². The summed E-state index contributed by atoms with van der Waals surface area (Å²) >= 11 is 0. The van der Waals surface area contributed by atoms with Crippen LogP contribution in [-0.4, -0.2) is 34.7 Å². The standard InChI is InChI=1S/C13H21NO4/c15-7-8-3-1-6-11(8)14-12(16)9-4-2-5-10(9)13(17)18/h8-11,15H,1-7H2,(H,14,16)(H,17,18)/t8?,9-,10+,11?/m1/s1.